The molecule has 0 bridgehead atoms. The molecule has 0 N–H and O–H groups in total. The summed E-state index contributed by atoms with van der Waals surface area (Å²) in [6.07, 6.45) is -4.60. The Morgan fingerprint density at radius 1 is 1.27 bits per heavy atom. The van der Waals surface area contributed by atoms with Gasteiger partial charge in [-0.1, -0.05) is 37.3 Å². The lowest BCUT2D eigenvalue weighted by Crippen LogP contribution is -2.30. The number of hydrogen-bond donors (Lipinski definition) is 0. The summed E-state index contributed by atoms with van der Waals surface area (Å²) in [5.74, 6) is -2.68. The van der Waals surface area contributed by atoms with Crippen LogP contribution < -0.4 is 0 Å². The fourth-order valence-corrected chi connectivity index (χ4v) is 1.34. The van der Waals surface area contributed by atoms with Crippen LogP contribution in [0.1, 0.15) is 12.5 Å². The molecule has 0 radical (unpaired) electrons. The van der Waals surface area contributed by atoms with E-state index in [2.05, 4.69) is 0 Å². The molecule has 1 aromatic carbocycles. The molecule has 1 atom stereocenters. The molecule has 0 amide bonds. The Labute approximate surface area is 85.9 Å². The van der Waals surface area contributed by atoms with Crippen molar-refractivity contribution in [1.82, 2.24) is 0 Å². The zero-order chi connectivity index (χ0) is 11.5. The fraction of sp³-hybridized carbons (Fsp3) is 0.364. The van der Waals surface area contributed by atoms with Gasteiger partial charge in [0.2, 0.25) is 5.78 Å². The molecule has 0 spiro atoms. The Kier molecular flexibility index (Phi) is 3.50. The van der Waals surface area contributed by atoms with Crippen LogP contribution in [0.2, 0.25) is 0 Å². The minimum absolute atomic E-state index is 0.124. The maximum absolute atomic E-state index is 12.1. The molecule has 15 heavy (non-hydrogen) atoms. The lowest BCUT2D eigenvalue weighted by atomic mass is 9.97. The van der Waals surface area contributed by atoms with E-state index in [1.54, 1.807) is 30.3 Å². The van der Waals surface area contributed by atoms with Crippen molar-refractivity contribution in [3.05, 3.63) is 35.9 Å². The molecule has 1 rings (SSSR count). The van der Waals surface area contributed by atoms with Gasteiger partial charge in [-0.05, 0) is 12.0 Å². The third kappa shape index (κ3) is 3.38. The molecule has 1 aromatic rings. The van der Waals surface area contributed by atoms with Gasteiger partial charge in [0, 0.05) is 5.92 Å². The van der Waals surface area contributed by atoms with E-state index in [-0.39, 0.29) is 6.42 Å². The Balaban J connectivity index is 2.65. The second kappa shape index (κ2) is 4.47. The molecular formula is C11H11F3O. The van der Waals surface area contributed by atoms with Crippen molar-refractivity contribution < 1.29 is 18.0 Å². The van der Waals surface area contributed by atoms with E-state index in [9.17, 15) is 18.0 Å². The van der Waals surface area contributed by atoms with Crippen LogP contribution in [0.4, 0.5) is 13.2 Å². The van der Waals surface area contributed by atoms with Gasteiger partial charge in [0.25, 0.3) is 0 Å². The first-order valence-corrected chi connectivity index (χ1v) is 4.56. The van der Waals surface area contributed by atoms with Gasteiger partial charge in [-0.3, -0.25) is 4.79 Å². The van der Waals surface area contributed by atoms with Crippen molar-refractivity contribution in [2.45, 2.75) is 19.5 Å². The van der Waals surface area contributed by atoms with Gasteiger partial charge in [0.1, 0.15) is 0 Å². The lowest BCUT2D eigenvalue weighted by molar-refractivity contribution is -0.175. The number of carbonyl (C=O) groups is 1. The first-order chi connectivity index (χ1) is 6.91. The van der Waals surface area contributed by atoms with Crippen molar-refractivity contribution in [2.24, 2.45) is 5.92 Å². The fourth-order valence-electron chi connectivity index (χ4n) is 1.34. The van der Waals surface area contributed by atoms with Crippen molar-refractivity contribution in [2.75, 3.05) is 0 Å². The molecule has 0 aliphatic rings. The van der Waals surface area contributed by atoms with Crippen molar-refractivity contribution in [1.29, 1.82) is 0 Å². The van der Waals surface area contributed by atoms with Crippen LogP contribution in [0, 0.1) is 5.92 Å². The monoisotopic (exact) mass is 216 g/mol. The summed E-state index contributed by atoms with van der Waals surface area (Å²) in [7, 11) is 0. The van der Waals surface area contributed by atoms with E-state index in [1.165, 1.54) is 6.92 Å². The number of alkyl halides is 3. The summed E-state index contributed by atoms with van der Waals surface area (Å²) >= 11 is 0. The summed E-state index contributed by atoms with van der Waals surface area (Å²) in [6.45, 7) is 1.29. The first kappa shape index (κ1) is 11.8. The van der Waals surface area contributed by atoms with Crippen LogP contribution in [0.15, 0.2) is 30.3 Å². The zero-order valence-electron chi connectivity index (χ0n) is 8.21. The van der Waals surface area contributed by atoms with E-state index >= 15 is 0 Å². The average molecular weight is 216 g/mol. The van der Waals surface area contributed by atoms with Crippen molar-refractivity contribution in [3.8, 4) is 0 Å². The highest BCUT2D eigenvalue weighted by Crippen LogP contribution is 2.22. The number of benzene rings is 1. The molecule has 0 saturated carbocycles. The number of Topliss-reactive ketones (excluding diaryl/α,β-unsaturated/α-hetero) is 1. The van der Waals surface area contributed by atoms with Crippen LogP contribution in [-0.4, -0.2) is 12.0 Å². The Bertz CT molecular complexity index is 329. The standard InChI is InChI=1S/C11H11F3O/c1-8(10(15)11(12,13)14)7-9-5-3-2-4-6-9/h2-6,8H,7H2,1H3. The summed E-state index contributed by atoms with van der Waals surface area (Å²) in [6, 6.07) is 8.67. The molecule has 1 unspecified atom stereocenters. The van der Waals surface area contributed by atoms with Crippen molar-refractivity contribution in [3.63, 3.8) is 0 Å². The number of rotatable bonds is 3. The smallest absolute Gasteiger partial charge is 0.289 e. The predicted molar refractivity (Wildman–Crippen MR) is 50.4 cm³/mol. The highest BCUT2D eigenvalue weighted by Gasteiger charge is 2.41. The number of ketones is 1. The third-order valence-corrected chi connectivity index (χ3v) is 2.11. The maximum atomic E-state index is 12.1. The topological polar surface area (TPSA) is 17.1 Å². The summed E-state index contributed by atoms with van der Waals surface area (Å²) in [5, 5.41) is 0. The van der Waals surface area contributed by atoms with Crippen LogP contribution in [0.3, 0.4) is 0 Å². The highest BCUT2D eigenvalue weighted by atomic mass is 19.4. The van der Waals surface area contributed by atoms with Gasteiger partial charge >= 0.3 is 6.18 Å². The zero-order valence-corrected chi connectivity index (χ0v) is 8.21. The lowest BCUT2D eigenvalue weighted by Gasteiger charge is -2.12. The maximum Gasteiger partial charge on any atom is 0.450 e. The molecule has 0 aliphatic heterocycles. The second-order valence-corrected chi connectivity index (χ2v) is 3.45. The molecule has 82 valence electrons. The largest absolute Gasteiger partial charge is 0.450 e. The van der Waals surface area contributed by atoms with Crippen LogP contribution in [-0.2, 0) is 11.2 Å². The van der Waals surface area contributed by atoms with Crippen LogP contribution >= 0.6 is 0 Å². The minimum atomic E-state index is -4.73. The molecule has 0 heterocycles. The quantitative estimate of drug-likeness (QED) is 0.759. The normalized spacial score (nSPS) is 13.6. The van der Waals surface area contributed by atoms with Gasteiger partial charge in [-0.25, -0.2) is 0 Å². The second-order valence-electron chi connectivity index (χ2n) is 3.45. The third-order valence-electron chi connectivity index (χ3n) is 2.11. The van der Waals surface area contributed by atoms with Gasteiger partial charge in [0.15, 0.2) is 0 Å². The van der Waals surface area contributed by atoms with Crippen LogP contribution in [0.25, 0.3) is 0 Å². The predicted octanol–water partition coefficient (Wildman–Crippen LogP) is 3.00. The van der Waals surface area contributed by atoms with Crippen LogP contribution in [0.5, 0.6) is 0 Å². The van der Waals surface area contributed by atoms with E-state index in [0.717, 1.165) is 5.56 Å². The summed E-state index contributed by atoms with van der Waals surface area (Å²) < 4.78 is 36.2. The Morgan fingerprint density at radius 3 is 2.27 bits per heavy atom. The number of hydrogen-bond acceptors (Lipinski definition) is 1. The molecular weight excluding hydrogens is 205 g/mol. The number of carbonyl (C=O) groups excluding carboxylic acids is 1. The summed E-state index contributed by atoms with van der Waals surface area (Å²) in [4.78, 5) is 10.8. The van der Waals surface area contributed by atoms with Crippen molar-refractivity contribution >= 4 is 5.78 Å². The Morgan fingerprint density at radius 2 is 1.80 bits per heavy atom. The highest BCUT2D eigenvalue weighted by molar-refractivity contribution is 5.86. The SMILES string of the molecule is CC(Cc1ccccc1)C(=O)C(F)(F)F. The average Bonchev–Trinajstić information content (AvgIpc) is 2.16. The van der Waals surface area contributed by atoms with Gasteiger partial charge < -0.3 is 0 Å². The molecule has 0 aliphatic carbocycles. The molecule has 0 fully saturated rings. The van der Waals surface area contributed by atoms with E-state index in [4.69, 9.17) is 0 Å². The van der Waals surface area contributed by atoms with Gasteiger partial charge in [-0.15, -0.1) is 0 Å². The summed E-state index contributed by atoms with van der Waals surface area (Å²) in [5.41, 5.74) is 0.739. The molecule has 0 saturated heterocycles. The molecule has 0 aromatic heterocycles. The van der Waals surface area contributed by atoms with E-state index in [1.807, 2.05) is 0 Å². The molecule has 1 nitrogen and oxygen atoms in total. The van der Waals surface area contributed by atoms with Gasteiger partial charge in [-0.2, -0.15) is 13.2 Å². The van der Waals surface area contributed by atoms with Gasteiger partial charge in [0.05, 0.1) is 0 Å². The Hall–Kier alpha value is -1.32. The number of halogens is 3. The van der Waals surface area contributed by atoms with E-state index in [0.29, 0.717) is 0 Å². The first-order valence-electron chi connectivity index (χ1n) is 4.56. The van der Waals surface area contributed by atoms with E-state index < -0.39 is 17.9 Å². The minimum Gasteiger partial charge on any atom is -0.289 e. The molecule has 4 heteroatoms.